The van der Waals surface area contributed by atoms with Crippen molar-refractivity contribution in [3.8, 4) is 17.0 Å². The molecule has 0 aliphatic heterocycles. The van der Waals surface area contributed by atoms with Crippen molar-refractivity contribution in [2.24, 2.45) is 0 Å². The maximum atomic E-state index is 5.22. The summed E-state index contributed by atoms with van der Waals surface area (Å²) in [5.74, 6) is 0.799. The molecule has 7 nitrogen and oxygen atoms in total. The molecule has 0 fully saturated rings. The van der Waals surface area contributed by atoms with Gasteiger partial charge in [-0.2, -0.15) is 0 Å². The molecule has 0 saturated carbocycles. The first-order valence-corrected chi connectivity index (χ1v) is 8.85. The van der Waals surface area contributed by atoms with Crippen LogP contribution in [0.5, 0.6) is 5.75 Å². The lowest BCUT2D eigenvalue weighted by atomic mass is 10.1. The minimum atomic E-state index is 0.519. The molecule has 0 spiro atoms. The van der Waals surface area contributed by atoms with E-state index >= 15 is 0 Å². The molecule has 5 rings (SSSR count). The molecule has 2 aromatic carbocycles. The van der Waals surface area contributed by atoms with E-state index in [0.717, 1.165) is 33.5 Å². The fraction of sp³-hybridized carbons (Fsp3) is 0.0952. The Hall–Kier alpha value is -3.87. The number of rotatable bonds is 4. The van der Waals surface area contributed by atoms with Crippen LogP contribution in [0.1, 0.15) is 5.56 Å². The number of nitrogens with zero attached hydrogens (tertiary/aromatic N) is 6. The molecule has 5 aromatic rings. The lowest BCUT2D eigenvalue weighted by Gasteiger charge is -2.07. The minimum Gasteiger partial charge on any atom is -0.497 e. The fourth-order valence-electron chi connectivity index (χ4n) is 3.22. The molecule has 0 unspecified atom stereocenters. The topological polar surface area (TPSA) is 78.6 Å². The number of pyridine rings is 1. The van der Waals surface area contributed by atoms with Crippen molar-refractivity contribution < 1.29 is 4.74 Å². The Labute approximate surface area is 160 Å². The van der Waals surface area contributed by atoms with Gasteiger partial charge in [0, 0.05) is 17.1 Å². The van der Waals surface area contributed by atoms with Crippen molar-refractivity contribution in [3.63, 3.8) is 0 Å². The molecule has 0 bridgehead atoms. The van der Waals surface area contributed by atoms with Crippen molar-refractivity contribution in [2.45, 2.75) is 6.54 Å². The van der Waals surface area contributed by atoms with Crippen LogP contribution < -0.4 is 4.74 Å². The van der Waals surface area contributed by atoms with Gasteiger partial charge in [-0.05, 0) is 35.9 Å². The van der Waals surface area contributed by atoms with Crippen molar-refractivity contribution >= 4 is 22.2 Å². The van der Waals surface area contributed by atoms with Crippen molar-refractivity contribution in [2.75, 3.05) is 7.11 Å². The van der Waals surface area contributed by atoms with E-state index in [1.165, 1.54) is 0 Å². The summed E-state index contributed by atoms with van der Waals surface area (Å²) in [6.07, 6.45) is 3.51. The minimum absolute atomic E-state index is 0.519. The van der Waals surface area contributed by atoms with Gasteiger partial charge in [-0.3, -0.25) is 4.98 Å². The second-order valence-corrected chi connectivity index (χ2v) is 6.37. The van der Waals surface area contributed by atoms with Crippen molar-refractivity contribution in [1.82, 2.24) is 29.9 Å². The van der Waals surface area contributed by atoms with Gasteiger partial charge in [0.2, 0.25) is 5.65 Å². The third-order valence-electron chi connectivity index (χ3n) is 4.65. The van der Waals surface area contributed by atoms with Gasteiger partial charge in [0.05, 0.1) is 31.1 Å². The molecule has 3 heterocycles. The zero-order valence-corrected chi connectivity index (χ0v) is 15.1. The molecular weight excluding hydrogens is 352 g/mol. The Morgan fingerprint density at radius 3 is 2.68 bits per heavy atom. The van der Waals surface area contributed by atoms with Crippen molar-refractivity contribution in [1.29, 1.82) is 0 Å². The Morgan fingerprint density at radius 1 is 0.964 bits per heavy atom. The Balaban J connectivity index is 1.56. The van der Waals surface area contributed by atoms with E-state index in [1.807, 2.05) is 54.6 Å². The summed E-state index contributed by atoms with van der Waals surface area (Å²) in [5.41, 5.74) is 4.88. The molecule has 0 saturated heterocycles. The predicted octanol–water partition coefficient (Wildman–Crippen LogP) is 3.49. The average molecular weight is 368 g/mol. The van der Waals surface area contributed by atoms with Gasteiger partial charge < -0.3 is 4.74 Å². The van der Waals surface area contributed by atoms with Gasteiger partial charge in [-0.1, -0.05) is 29.5 Å². The highest BCUT2D eigenvalue weighted by Gasteiger charge is 2.12. The van der Waals surface area contributed by atoms with E-state index in [2.05, 4.69) is 20.3 Å². The number of benzene rings is 2. The Morgan fingerprint density at radius 2 is 1.82 bits per heavy atom. The van der Waals surface area contributed by atoms with Gasteiger partial charge in [-0.15, -0.1) is 5.10 Å². The van der Waals surface area contributed by atoms with E-state index < -0.39 is 0 Å². The molecule has 0 aliphatic rings. The van der Waals surface area contributed by atoms with E-state index in [-0.39, 0.29) is 0 Å². The van der Waals surface area contributed by atoms with E-state index in [9.17, 15) is 0 Å². The van der Waals surface area contributed by atoms with Gasteiger partial charge >= 0.3 is 0 Å². The molecule has 0 N–H and O–H groups in total. The number of hydrogen-bond acceptors (Lipinski definition) is 6. The summed E-state index contributed by atoms with van der Waals surface area (Å²) < 4.78 is 6.98. The smallest absolute Gasteiger partial charge is 0.221 e. The number of fused-ring (bicyclic) bond motifs is 2. The van der Waals surface area contributed by atoms with Crippen LogP contribution in [0, 0.1) is 0 Å². The van der Waals surface area contributed by atoms with Gasteiger partial charge in [0.15, 0.2) is 5.65 Å². The van der Waals surface area contributed by atoms with Crippen LogP contribution in [0.25, 0.3) is 33.5 Å². The second kappa shape index (κ2) is 6.70. The molecule has 136 valence electrons. The Bertz CT molecular complexity index is 1270. The van der Waals surface area contributed by atoms with E-state index in [1.54, 1.807) is 24.2 Å². The summed E-state index contributed by atoms with van der Waals surface area (Å²) in [5, 5.41) is 9.50. The predicted molar refractivity (Wildman–Crippen MR) is 106 cm³/mol. The summed E-state index contributed by atoms with van der Waals surface area (Å²) in [4.78, 5) is 13.7. The van der Waals surface area contributed by atoms with Gasteiger partial charge in [0.1, 0.15) is 5.75 Å². The second-order valence-electron chi connectivity index (χ2n) is 6.37. The van der Waals surface area contributed by atoms with Crippen molar-refractivity contribution in [3.05, 3.63) is 72.6 Å². The first-order chi connectivity index (χ1) is 13.8. The summed E-state index contributed by atoms with van der Waals surface area (Å²) in [7, 11) is 1.65. The molecule has 3 aromatic heterocycles. The molecular formula is C21H16N6O. The monoisotopic (exact) mass is 368 g/mol. The quantitative estimate of drug-likeness (QED) is 0.483. The molecule has 0 radical (unpaired) electrons. The van der Waals surface area contributed by atoms with Gasteiger partial charge in [0.25, 0.3) is 0 Å². The third-order valence-corrected chi connectivity index (χ3v) is 4.65. The average Bonchev–Trinajstić information content (AvgIpc) is 3.16. The lowest BCUT2D eigenvalue weighted by molar-refractivity contribution is 0.415. The lowest BCUT2D eigenvalue weighted by Crippen LogP contribution is -2.04. The molecule has 7 heteroatoms. The molecule has 0 amide bonds. The first-order valence-electron chi connectivity index (χ1n) is 8.85. The number of para-hydroxylation sites is 1. The zero-order chi connectivity index (χ0) is 18.9. The zero-order valence-electron chi connectivity index (χ0n) is 15.1. The number of aromatic nitrogens is 6. The fourth-order valence-corrected chi connectivity index (χ4v) is 3.22. The van der Waals surface area contributed by atoms with Crippen LogP contribution in [0.2, 0.25) is 0 Å². The van der Waals surface area contributed by atoms with Gasteiger partial charge in [-0.25, -0.2) is 14.6 Å². The molecule has 0 aliphatic carbocycles. The number of methoxy groups -OCH3 is 1. The van der Waals surface area contributed by atoms with Crippen LogP contribution in [0.4, 0.5) is 0 Å². The highest BCUT2D eigenvalue weighted by molar-refractivity contribution is 5.81. The Kier molecular flexibility index (Phi) is 3.90. The number of hydrogen-bond donors (Lipinski definition) is 0. The first kappa shape index (κ1) is 16.3. The van der Waals surface area contributed by atoms with Crippen LogP contribution >= 0.6 is 0 Å². The normalized spacial score (nSPS) is 11.2. The number of ether oxygens (including phenoxy) is 1. The molecule has 28 heavy (non-hydrogen) atoms. The molecule has 0 atom stereocenters. The highest BCUT2D eigenvalue weighted by Crippen LogP contribution is 2.22. The maximum absolute atomic E-state index is 5.22. The largest absolute Gasteiger partial charge is 0.497 e. The van der Waals surface area contributed by atoms with Crippen LogP contribution in [0.3, 0.4) is 0 Å². The van der Waals surface area contributed by atoms with E-state index in [0.29, 0.717) is 17.8 Å². The SMILES string of the molecule is COc1ccc(-c2cnc3nnn(Cc4cccc5cccnc45)c3n2)cc1. The van der Waals surface area contributed by atoms with E-state index in [4.69, 9.17) is 9.72 Å². The standard InChI is InChI=1S/C21H16N6O/c1-28-17-9-7-14(8-10-17)18-12-23-20-21(24-18)27(26-25-20)13-16-5-2-4-15-6-3-11-22-19(15)16/h2-12H,13H2,1H3. The highest BCUT2D eigenvalue weighted by atomic mass is 16.5. The maximum Gasteiger partial charge on any atom is 0.221 e. The summed E-state index contributed by atoms with van der Waals surface area (Å²) >= 11 is 0. The summed E-state index contributed by atoms with van der Waals surface area (Å²) in [6.45, 7) is 0.519. The van der Waals surface area contributed by atoms with Crippen LogP contribution in [-0.4, -0.2) is 37.1 Å². The van der Waals surface area contributed by atoms with Crippen LogP contribution in [0.15, 0.2) is 67.0 Å². The van der Waals surface area contributed by atoms with Crippen LogP contribution in [-0.2, 0) is 6.54 Å². The summed E-state index contributed by atoms with van der Waals surface area (Å²) in [6, 6.07) is 17.8. The third kappa shape index (κ3) is 2.83.